The summed E-state index contributed by atoms with van der Waals surface area (Å²) >= 11 is 0. The minimum absolute atomic E-state index is 0.142. The highest BCUT2D eigenvalue weighted by molar-refractivity contribution is 5.77. The Hall–Kier alpha value is -1.14. The van der Waals surface area contributed by atoms with Crippen LogP contribution in [0.3, 0.4) is 0 Å². The van der Waals surface area contributed by atoms with Gasteiger partial charge in [-0.3, -0.25) is 9.59 Å². The van der Waals surface area contributed by atoms with Crippen molar-refractivity contribution in [3.63, 3.8) is 0 Å². The van der Waals surface area contributed by atoms with Crippen molar-refractivity contribution >= 4 is 11.9 Å². The van der Waals surface area contributed by atoms with Crippen molar-refractivity contribution in [2.75, 3.05) is 27.4 Å². The monoisotopic (exact) mass is 413 g/mol. The Morgan fingerprint density at radius 1 is 0.828 bits per heavy atom. The third kappa shape index (κ3) is 12.2. The maximum atomic E-state index is 12.5. The van der Waals surface area contributed by atoms with Crippen molar-refractivity contribution in [3.05, 3.63) is 0 Å². The maximum Gasteiger partial charge on any atom is 0.303 e. The average Bonchev–Trinajstić information content (AvgIpc) is 3.11. The molecule has 1 amide bonds. The summed E-state index contributed by atoms with van der Waals surface area (Å²) in [5, 5.41) is 8.59. The molecule has 0 radical (unpaired) electrons. The summed E-state index contributed by atoms with van der Waals surface area (Å²) in [6.45, 7) is 1.29. The Morgan fingerprint density at radius 3 is 1.76 bits per heavy atom. The van der Waals surface area contributed by atoms with Crippen LogP contribution in [0.1, 0.15) is 96.3 Å². The quantitative estimate of drug-likeness (QED) is 0.327. The SMILES string of the molecule is COC[C@@H]1C[C@@H](OC)CN1C(=O)CCCCCCCCCCCCCCC(=O)O. The molecule has 1 rings (SSSR count). The number of rotatable bonds is 18. The van der Waals surface area contributed by atoms with Crippen LogP contribution >= 0.6 is 0 Å². The normalized spacial score (nSPS) is 19.0. The van der Waals surface area contributed by atoms with Crippen LogP contribution in [0.5, 0.6) is 0 Å². The molecule has 1 N–H and O–H groups in total. The molecular weight excluding hydrogens is 370 g/mol. The van der Waals surface area contributed by atoms with Crippen molar-refractivity contribution in [2.45, 2.75) is 108 Å². The summed E-state index contributed by atoms with van der Waals surface area (Å²) in [6.07, 6.45) is 15.9. The van der Waals surface area contributed by atoms with Crippen molar-refractivity contribution in [1.29, 1.82) is 0 Å². The van der Waals surface area contributed by atoms with Gasteiger partial charge in [0.25, 0.3) is 0 Å². The van der Waals surface area contributed by atoms with Gasteiger partial charge in [0.2, 0.25) is 5.91 Å². The molecule has 6 heteroatoms. The number of hydrogen-bond acceptors (Lipinski definition) is 4. The number of unbranched alkanes of at least 4 members (excludes halogenated alkanes) is 11. The molecule has 0 aromatic carbocycles. The number of carboxylic acid groups (broad SMARTS) is 1. The van der Waals surface area contributed by atoms with Crippen LogP contribution in [0.25, 0.3) is 0 Å². The first-order valence-corrected chi connectivity index (χ1v) is 11.6. The second kappa shape index (κ2) is 16.6. The molecule has 6 nitrogen and oxygen atoms in total. The molecule has 1 aliphatic heterocycles. The van der Waals surface area contributed by atoms with Crippen LogP contribution in [0.2, 0.25) is 0 Å². The Kier molecular flexibility index (Phi) is 14.9. The molecule has 170 valence electrons. The zero-order valence-corrected chi connectivity index (χ0v) is 18.7. The standard InChI is InChI=1S/C23H43NO5/c1-28-19-20-17-21(29-2)18-24(20)22(25)15-13-11-9-7-5-3-4-6-8-10-12-14-16-23(26)27/h20-21H,3-19H2,1-2H3,(H,26,27)/t20-,21+/m0/s1. The van der Waals surface area contributed by atoms with E-state index in [9.17, 15) is 9.59 Å². The summed E-state index contributed by atoms with van der Waals surface area (Å²) in [6, 6.07) is 0.162. The van der Waals surface area contributed by atoms with Crippen LogP contribution in [0, 0.1) is 0 Å². The molecule has 1 aliphatic rings. The molecule has 0 unspecified atom stereocenters. The topological polar surface area (TPSA) is 76.1 Å². The van der Waals surface area contributed by atoms with Crippen LogP contribution in [0.4, 0.5) is 0 Å². The number of methoxy groups -OCH3 is 2. The van der Waals surface area contributed by atoms with Crippen molar-refractivity contribution < 1.29 is 24.2 Å². The van der Waals surface area contributed by atoms with Gasteiger partial charge in [0.15, 0.2) is 0 Å². The summed E-state index contributed by atoms with van der Waals surface area (Å²) in [5.74, 6) is -0.435. The largest absolute Gasteiger partial charge is 0.481 e. The predicted octanol–water partition coefficient (Wildman–Crippen LogP) is 4.79. The van der Waals surface area contributed by atoms with Gasteiger partial charge in [-0.15, -0.1) is 0 Å². The molecule has 0 aromatic heterocycles. The second-order valence-electron chi connectivity index (χ2n) is 8.39. The molecule has 0 spiro atoms. The molecule has 0 bridgehead atoms. The van der Waals surface area contributed by atoms with Gasteiger partial charge in [0.1, 0.15) is 0 Å². The van der Waals surface area contributed by atoms with E-state index in [4.69, 9.17) is 14.6 Å². The highest BCUT2D eigenvalue weighted by Gasteiger charge is 2.34. The highest BCUT2D eigenvalue weighted by Crippen LogP contribution is 2.22. The van der Waals surface area contributed by atoms with Crippen molar-refractivity contribution in [3.8, 4) is 0 Å². The Morgan fingerprint density at radius 2 is 1.31 bits per heavy atom. The lowest BCUT2D eigenvalue weighted by atomic mass is 10.0. The van der Waals surface area contributed by atoms with E-state index < -0.39 is 5.97 Å². The number of carbonyl (C=O) groups is 2. The van der Waals surface area contributed by atoms with Gasteiger partial charge < -0.3 is 19.5 Å². The fourth-order valence-corrected chi connectivity index (χ4v) is 4.16. The van der Waals surface area contributed by atoms with Crippen LogP contribution in [0.15, 0.2) is 0 Å². The predicted molar refractivity (Wildman–Crippen MR) is 115 cm³/mol. The lowest BCUT2D eigenvalue weighted by Gasteiger charge is -2.23. The van der Waals surface area contributed by atoms with E-state index in [1.54, 1.807) is 14.2 Å². The van der Waals surface area contributed by atoms with E-state index in [2.05, 4.69) is 0 Å². The van der Waals surface area contributed by atoms with Crippen molar-refractivity contribution in [1.82, 2.24) is 4.90 Å². The van der Waals surface area contributed by atoms with Gasteiger partial charge in [-0.05, 0) is 19.3 Å². The van der Waals surface area contributed by atoms with E-state index in [-0.39, 0.29) is 18.1 Å². The number of carboxylic acids is 1. The lowest BCUT2D eigenvalue weighted by molar-refractivity contribution is -0.137. The number of amides is 1. The number of aliphatic carboxylic acids is 1. The zero-order chi connectivity index (χ0) is 21.3. The fraction of sp³-hybridized carbons (Fsp3) is 0.913. The summed E-state index contributed by atoms with van der Waals surface area (Å²) in [5.41, 5.74) is 0. The minimum atomic E-state index is -0.680. The molecular formula is C23H43NO5. The van der Waals surface area contributed by atoms with Gasteiger partial charge in [-0.25, -0.2) is 0 Å². The Balaban J connectivity index is 1.92. The second-order valence-corrected chi connectivity index (χ2v) is 8.39. The fourth-order valence-electron chi connectivity index (χ4n) is 4.16. The number of likely N-dealkylation sites (tertiary alicyclic amines) is 1. The number of hydrogen-bond donors (Lipinski definition) is 1. The lowest BCUT2D eigenvalue weighted by Crippen LogP contribution is -2.38. The van der Waals surface area contributed by atoms with Gasteiger partial charge in [-0.1, -0.05) is 64.2 Å². The number of nitrogens with zero attached hydrogens (tertiary/aromatic N) is 1. The average molecular weight is 414 g/mol. The first kappa shape index (κ1) is 25.9. The molecule has 1 saturated heterocycles. The van der Waals surface area contributed by atoms with Crippen LogP contribution in [-0.2, 0) is 19.1 Å². The number of ether oxygens (including phenoxy) is 2. The third-order valence-corrected chi connectivity index (χ3v) is 5.92. The van der Waals surface area contributed by atoms with E-state index in [1.165, 1.54) is 44.9 Å². The molecule has 2 atom stereocenters. The van der Waals surface area contributed by atoms with Crippen LogP contribution < -0.4 is 0 Å². The first-order chi connectivity index (χ1) is 14.1. The highest BCUT2D eigenvalue weighted by atomic mass is 16.5. The van der Waals surface area contributed by atoms with E-state index in [1.807, 2.05) is 4.90 Å². The van der Waals surface area contributed by atoms with Crippen LogP contribution in [-0.4, -0.2) is 61.4 Å². The number of carbonyl (C=O) groups excluding carboxylic acids is 1. The molecule has 1 fully saturated rings. The molecule has 0 aliphatic carbocycles. The van der Waals surface area contributed by atoms with Gasteiger partial charge in [0, 0.05) is 33.6 Å². The zero-order valence-electron chi connectivity index (χ0n) is 18.7. The van der Waals surface area contributed by atoms with E-state index in [0.29, 0.717) is 26.0 Å². The van der Waals surface area contributed by atoms with Gasteiger partial charge >= 0.3 is 5.97 Å². The third-order valence-electron chi connectivity index (χ3n) is 5.92. The molecule has 0 aromatic rings. The summed E-state index contributed by atoms with van der Waals surface area (Å²) in [7, 11) is 3.40. The molecule has 0 saturated carbocycles. The Labute approximate surface area is 177 Å². The Bertz CT molecular complexity index is 443. The molecule has 1 heterocycles. The first-order valence-electron chi connectivity index (χ1n) is 11.6. The minimum Gasteiger partial charge on any atom is -0.481 e. The summed E-state index contributed by atoms with van der Waals surface area (Å²) < 4.78 is 10.7. The van der Waals surface area contributed by atoms with Crippen molar-refractivity contribution in [2.24, 2.45) is 0 Å². The maximum absolute atomic E-state index is 12.5. The summed E-state index contributed by atoms with van der Waals surface area (Å²) in [4.78, 5) is 24.9. The smallest absolute Gasteiger partial charge is 0.303 e. The van der Waals surface area contributed by atoms with Gasteiger partial charge in [0.05, 0.1) is 18.8 Å². The van der Waals surface area contributed by atoms with E-state index >= 15 is 0 Å². The van der Waals surface area contributed by atoms with E-state index in [0.717, 1.165) is 38.5 Å². The van der Waals surface area contributed by atoms with Gasteiger partial charge in [-0.2, -0.15) is 0 Å². The molecule has 29 heavy (non-hydrogen) atoms.